The summed E-state index contributed by atoms with van der Waals surface area (Å²) in [6.07, 6.45) is 4.95. The molecule has 1 aromatic rings. The Balaban J connectivity index is 2.12. The second-order valence-corrected chi connectivity index (χ2v) is 5.10. The lowest BCUT2D eigenvalue weighted by Gasteiger charge is -2.39. The van der Waals surface area contributed by atoms with Gasteiger partial charge in [0.15, 0.2) is 0 Å². The first-order valence-corrected chi connectivity index (χ1v) is 6.56. The lowest BCUT2D eigenvalue weighted by atomic mass is 9.97. The number of hydrogen-bond donors (Lipinski definition) is 0. The third-order valence-electron chi connectivity index (χ3n) is 3.69. The maximum absolute atomic E-state index is 12.3. The predicted molar refractivity (Wildman–Crippen MR) is 70.3 cm³/mol. The normalized spacial score (nSPS) is 24.0. The Kier molecular flexibility index (Phi) is 3.84. The molecule has 4 heteroatoms. The number of hydrogen-bond acceptors (Lipinski definition) is 2. The van der Waals surface area contributed by atoms with Gasteiger partial charge < -0.3 is 9.47 Å². The molecule has 18 heavy (non-hydrogen) atoms. The van der Waals surface area contributed by atoms with Gasteiger partial charge in [-0.25, -0.2) is 0 Å². The second-order valence-electron chi connectivity index (χ2n) is 5.10. The Bertz CT molecular complexity index is 471. The highest BCUT2D eigenvalue weighted by atomic mass is 16.2. The van der Waals surface area contributed by atoms with Crippen molar-refractivity contribution in [3.8, 4) is 0 Å². The second kappa shape index (κ2) is 5.38. The summed E-state index contributed by atoms with van der Waals surface area (Å²) in [5.74, 6) is 0.0444. The van der Waals surface area contributed by atoms with Crippen LogP contribution >= 0.6 is 0 Å². The minimum Gasteiger partial charge on any atom is -0.336 e. The summed E-state index contributed by atoms with van der Waals surface area (Å²) in [7, 11) is 0. The first-order valence-electron chi connectivity index (χ1n) is 6.56. The Labute approximate surface area is 107 Å². The minimum atomic E-state index is -0.122. The molecule has 2 atom stereocenters. The van der Waals surface area contributed by atoms with E-state index in [9.17, 15) is 9.59 Å². The van der Waals surface area contributed by atoms with E-state index in [4.69, 9.17) is 0 Å². The standard InChI is InChI=1S/C14H20N2O2/c1-11-6-5-7-12(2)16(11)14(18)10-15-9-4-3-8-13(15)17/h3-4,8-9,11-12H,5-7,10H2,1-2H3/t11-,12+. The molecule has 4 nitrogen and oxygen atoms in total. The highest BCUT2D eigenvalue weighted by Crippen LogP contribution is 2.22. The Morgan fingerprint density at radius 2 is 1.94 bits per heavy atom. The summed E-state index contributed by atoms with van der Waals surface area (Å²) in [6, 6.07) is 5.50. The van der Waals surface area contributed by atoms with Crippen LogP contribution in [0.5, 0.6) is 0 Å². The Hall–Kier alpha value is -1.58. The van der Waals surface area contributed by atoms with Crippen molar-refractivity contribution in [1.29, 1.82) is 0 Å². The van der Waals surface area contributed by atoms with Crippen molar-refractivity contribution < 1.29 is 4.79 Å². The van der Waals surface area contributed by atoms with E-state index in [0.717, 1.165) is 12.8 Å². The van der Waals surface area contributed by atoms with Gasteiger partial charge in [0.1, 0.15) is 6.54 Å². The molecular weight excluding hydrogens is 228 g/mol. The summed E-state index contributed by atoms with van der Waals surface area (Å²) < 4.78 is 1.47. The molecule has 2 heterocycles. The smallest absolute Gasteiger partial charge is 0.250 e. The number of nitrogens with zero attached hydrogens (tertiary/aromatic N) is 2. The van der Waals surface area contributed by atoms with Gasteiger partial charge in [0.25, 0.3) is 5.56 Å². The molecule has 98 valence electrons. The van der Waals surface area contributed by atoms with Crippen molar-refractivity contribution in [2.24, 2.45) is 0 Å². The van der Waals surface area contributed by atoms with Crippen LogP contribution in [-0.4, -0.2) is 27.5 Å². The Morgan fingerprint density at radius 1 is 1.28 bits per heavy atom. The van der Waals surface area contributed by atoms with E-state index in [1.54, 1.807) is 18.3 Å². The minimum absolute atomic E-state index is 0.0444. The molecule has 0 N–H and O–H groups in total. The number of pyridine rings is 1. The van der Waals surface area contributed by atoms with Crippen LogP contribution in [0, 0.1) is 0 Å². The van der Waals surface area contributed by atoms with Crippen LogP contribution in [-0.2, 0) is 11.3 Å². The average molecular weight is 248 g/mol. The van der Waals surface area contributed by atoms with Crippen molar-refractivity contribution >= 4 is 5.91 Å². The van der Waals surface area contributed by atoms with Gasteiger partial charge >= 0.3 is 0 Å². The number of amides is 1. The van der Waals surface area contributed by atoms with Gasteiger partial charge in [-0.2, -0.15) is 0 Å². The van der Waals surface area contributed by atoms with Crippen LogP contribution in [0.4, 0.5) is 0 Å². The van der Waals surface area contributed by atoms with Gasteiger partial charge in [0.2, 0.25) is 5.91 Å². The highest BCUT2D eigenvalue weighted by molar-refractivity contribution is 5.76. The lowest BCUT2D eigenvalue weighted by Crippen LogP contribution is -2.49. The zero-order valence-corrected chi connectivity index (χ0v) is 11.0. The van der Waals surface area contributed by atoms with Crippen molar-refractivity contribution in [2.75, 3.05) is 0 Å². The van der Waals surface area contributed by atoms with Gasteiger partial charge in [-0.1, -0.05) is 6.07 Å². The predicted octanol–water partition coefficient (Wildman–Crippen LogP) is 1.64. The molecular formula is C14H20N2O2. The van der Waals surface area contributed by atoms with Crippen LogP contribution in [0.1, 0.15) is 33.1 Å². The number of rotatable bonds is 2. The summed E-state index contributed by atoms with van der Waals surface area (Å²) in [4.78, 5) is 25.8. The molecule has 2 rings (SSSR count). The molecule has 1 fully saturated rings. The molecule has 1 amide bonds. The first kappa shape index (κ1) is 12.9. The largest absolute Gasteiger partial charge is 0.336 e. The van der Waals surface area contributed by atoms with Gasteiger partial charge in [-0.05, 0) is 39.2 Å². The van der Waals surface area contributed by atoms with E-state index in [2.05, 4.69) is 13.8 Å². The fraction of sp³-hybridized carbons (Fsp3) is 0.571. The van der Waals surface area contributed by atoms with E-state index < -0.39 is 0 Å². The Morgan fingerprint density at radius 3 is 2.56 bits per heavy atom. The van der Waals surface area contributed by atoms with Crippen LogP contribution in [0.2, 0.25) is 0 Å². The quantitative estimate of drug-likeness (QED) is 0.798. The average Bonchev–Trinajstić information content (AvgIpc) is 2.32. The van der Waals surface area contributed by atoms with Crippen LogP contribution in [0.15, 0.2) is 29.2 Å². The third kappa shape index (κ3) is 2.63. The van der Waals surface area contributed by atoms with Crippen LogP contribution in [0.3, 0.4) is 0 Å². The number of aromatic nitrogens is 1. The van der Waals surface area contributed by atoms with E-state index in [0.29, 0.717) is 0 Å². The molecule has 0 radical (unpaired) electrons. The molecule has 0 unspecified atom stereocenters. The molecule has 1 aliphatic heterocycles. The summed E-state index contributed by atoms with van der Waals surface area (Å²) in [5.41, 5.74) is -0.122. The number of piperidine rings is 1. The maximum atomic E-state index is 12.3. The number of carbonyl (C=O) groups is 1. The molecule has 0 aliphatic carbocycles. The third-order valence-corrected chi connectivity index (χ3v) is 3.69. The first-order chi connectivity index (χ1) is 8.59. The van der Waals surface area contributed by atoms with Gasteiger partial charge in [-0.15, -0.1) is 0 Å². The molecule has 0 bridgehead atoms. The highest BCUT2D eigenvalue weighted by Gasteiger charge is 2.28. The van der Waals surface area contributed by atoms with Gasteiger partial charge in [-0.3, -0.25) is 9.59 Å². The zero-order valence-electron chi connectivity index (χ0n) is 11.0. The van der Waals surface area contributed by atoms with Gasteiger partial charge in [0, 0.05) is 24.3 Å². The van der Waals surface area contributed by atoms with E-state index in [1.165, 1.54) is 17.1 Å². The van der Waals surface area contributed by atoms with Crippen molar-refractivity contribution in [1.82, 2.24) is 9.47 Å². The number of carbonyl (C=O) groups excluding carboxylic acids is 1. The maximum Gasteiger partial charge on any atom is 0.250 e. The van der Waals surface area contributed by atoms with Crippen molar-refractivity contribution in [2.45, 2.75) is 51.7 Å². The van der Waals surface area contributed by atoms with Crippen molar-refractivity contribution in [3.05, 3.63) is 34.7 Å². The lowest BCUT2D eigenvalue weighted by molar-refractivity contribution is -0.138. The van der Waals surface area contributed by atoms with Crippen LogP contribution < -0.4 is 5.56 Å². The summed E-state index contributed by atoms with van der Waals surface area (Å²) >= 11 is 0. The molecule has 1 saturated heterocycles. The molecule has 1 aromatic heterocycles. The van der Waals surface area contributed by atoms with E-state index in [1.807, 2.05) is 4.90 Å². The molecule has 0 saturated carbocycles. The molecule has 1 aliphatic rings. The van der Waals surface area contributed by atoms with E-state index in [-0.39, 0.29) is 30.1 Å². The topological polar surface area (TPSA) is 42.3 Å². The fourth-order valence-corrected chi connectivity index (χ4v) is 2.73. The zero-order chi connectivity index (χ0) is 13.1. The monoisotopic (exact) mass is 248 g/mol. The van der Waals surface area contributed by atoms with Crippen LogP contribution in [0.25, 0.3) is 0 Å². The molecule has 0 aromatic carbocycles. The summed E-state index contributed by atoms with van der Waals surface area (Å²) in [6.45, 7) is 4.32. The molecule has 0 spiro atoms. The van der Waals surface area contributed by atoms with E-state index >= 15 is 0 Å². The van der Waals surface area contributed by atoms with Crippen molar-refractivity contribution in [3.63, 3.8) is 0 Å². The summed E-state index contributed by atoms with van der Waals surface area (Å²) in [5, 5.41) is 0. The SMILES string of the molecule is C[C@@H]1CCC[C@H](C)N1C(=O)Cn1ccccc1=O. The fourth-order valence-electron chi connectivity index (χ4n) is 2.73. The number of likely N-dealkylation sites (tertiary alicyclic amines) is 1. The van der Waals surface area contributed by atoms with Gasteiger partial charge in [0.05, 0.1) is 0 Å².